The first-order valence-electron chi connectivity index (χ1n) is 4.10. The average Bonchev–Trinajstić information content (AvgIpc) is 2.13. The number of hydrogen-bond acceptors (Lipinski definition) is 2. The highest BCUT2D eigenvalue weighted by atomic mass is 16.2. The SMILES string of the molecule is CC#CCN1CCN(C)C(=O)C1=O. The third kappa shape index (κ3) is 2.00. The van der Waals surface area contributed by atoms with E-state index in [1.807, 2.05) is 0 Å². The first kappa shape index (κ1) is 9.59. The summed E-state index contributed by atoms with van der Waals surface area (Å²) in [7, 11) is 1.63. The molecule has 1 saturated heterocycles. The van der Waals surface area contributed by atoms with E-state index in [0.29, 0.717) is 19.6 Å². The van der Waals surface area contributed by atoms with Gasteiger partial charge in [-0.3, -0.25) is 9.59 Å². The van der Waals surface area contributed by atoms with Gasteiger partial charge in [-0.15, -0.1) is 5.92 Å². The van der Waals surface area contributed by atoms with E-state index in [4.69, 9.17) is 0 Å². The molecule has 0 aromatic rings. The Morgan fingerprint density at radius 1 is 1.31 bits per heavy atom. The van der Waals surface area contributed by atoms with Gasteiger partial charge in [0.2, 0.25) is 0 Å². The van der Waals surface area contributed by atoms with Crippen molar-refractivity contribution in [2.45, 2.75) is 6.92 Å². The highest BCUT2D eigenvalue weighted by Crippen LogP contribution is 2.01. The Balaban J connectivity index is 2.62. The van der Waals surface area contributed by atoms with Crippen LogP contribution < -0.4 is 0 Å². The van der Waals surface area contributed by atoms with E-state index in [1.54, 1.807) is 14.0 Å². The quantitative estimate of drug-likeness (QED) is 0.396. The fraction of sp³-hybridized carbons (Fsp3) is 0.556. The fourth-order valence-corrected chi connectivity index (χ4v) is 1.10. The van der Waals surface area contributed by atoms with Gasteiger partial charge in [-0.1, -0.05) is 5.92 Å². The van der Waals surface area contributed by atoms with Gasteiger partial charge >= 0.3 is 11.8 Å². The van der Waals surface area contributed by atoms with E-state index in [-0.39, 0.29) is 0 Å². The van der Waals surface area contributed by atoms with Crippen LogP contribution in [0.15, 0.2) is 0 Å². The van der Waals surface area contributed by atoms with Crippen LogP contribution in [-0.2, 0) is 9.59 Å². The molecule has 1 rings (SSSR count). The molecule has 0 aromatic heterocycles. The van der Waals surface area contributed by atoms with Gasteiger partial charge < -0.3 is 9.80 Å². The first-order valence-corrected chi connectivity index (χ1v) is 4.10. The van der Waals surface area contributed by atoms with Crippen LogP contribution in [-0.4, -0.2) is 48.3 Å². The largest absolute Gasteiger partial charge is 0.336 e. The Kier molecular flexibility index (Phi) is 2.91. The molecule has 1 heterocycles. The Morgan fingerprint density at radius 2 is 2.00 bits per heavy atom. The van der Waals surface area contributed by atoms with Crippen LogP contribution in [0.5, 0.6) is 0 Å². The minimum Gasteiger partial charge on any atom is -0.336 e. The third-order valence-electron chi connectivity index (χ3n) is 1.97. The van der Waals surface area contributed by atoms with Gasteiger partial charge in [-0.25, -0.2) is 0 Å². The maximum absolute atomic E-state index is 11.3. The number of piperazine rings is 1. The summed E-state index contributed by atoms with van der Waals surface area (Å²) in [5, 5.41) is 0. The molecule has 4 nitrogen and oxygen atoms in total. The Labute approximate surface area is 77.5 Å². The summed E-state index contributed by atoms with van der Waals surface area (Å²) in [6.45, 7) is 3.24. The van der Waals surface area contributed by atoms with Crippen molar-refractivity contribution in [2.24, 2.45) is 0 Å². The highest BCUT2D eigenvalue weighted by molar-refractivity contribution is 6.35. The van der Waals surface area contributed by atoms with Crippen LogP contribution in [0.25, 0.3) is 0 Å². The number of hydrogen-bond donors (Lipinski definition) is 0. The zero-order valence-corrected chi connectivity index (χ0v) is 7.83. The van der Waals surface area contributed by atoms with Gasteiger partial charge in [0, 0.05) is 20.1 Å². The van der Waals surface area contributed by atoms with Crippen LogP contribution >= 0.6 is 0 Å². The molecule has 0 bridgehead atoms. The molecule has 0 radical (unpaired) electrons. The normalized spacial score (nSPS) is 17.1. The topological polar surface area (TPSA) is 40.6 Å². The molecule has 0 N–H and O–H groups in total. The van der Waals surface area contributed by atoms with E-state index in [9.17, 15) is 9.59 Å². The van der Waals surface area contributed by atoms with Crippen LogP contribution in [0.4, 0.5) is 0 Å². The number of carbonyl (C=O) groups is 2. The molecule has 1 aliphatic rings. The molecular weight excluding hydrogens is 168 g/mol. The van der Waals surface area contributed by atoms with Crippen LogP contribution in [0.2, 0.25) is 0 Å². The summed E-state index contributed by atoms with van der Waals surface area (Å²) < 4.78 is 0. The molecule has 0 aromatic carbocycles. The molecule has 70 valence electrons. The smallest absolute Gasteiger partial charge is 0.312 e. The predicted octanol–water partition coefficient (Wildman–Crippen LogP) is -0.690. The van der Waals surface area contributed by atoms with Gasteiger partial charge in [0.25, 0.3) is 0 Å². The summed E-state index contributed by atoms with van der Waals surface area (Å²) >= 11 is 0. The maximum atomic E-state index is 11.3. The summed E-state index contributed by atoms with van der Waals surface area (Å²) in [4.78, 5) is 25.4. The van der Waals surface area contributed by atoms with Crippen LogP contribution in [0.1, 0.15) is 6.92 Å². The molecule has 2 amide bonds. The molecule has 13 heavy (non-hydrogen) atoms. The second-order valence-electron chi connectivity index (χ2n) is 2.88. The molecular formula is C9H12N2O2. The Bertz CT molecular complexity index is 288. The van der Waals surface area contributed by atoms with Crippen molar-refractivity contribution in [1.29, 1.82) is 0 Å². The van der Waals surface area contributed by atoms with Gasteiger partial charge in [0.15, 0.2) is 0 Å². The number of rotatable bonds is 1. The Hall–Kier alpha value is -1.50. The first-order chi connectivity index (χ1) is 6.16. The minimum absolute atomic E-state index is 0.356. The summed E-state index contributed by atoms with van der Waals surface area (Å²) in [5.41, 5.74) is 0. The van der Waals surface area contributed by atoms with Gasteiger partial charge in [-0.2, -0.15) is 0 Å². The van der Waals surface area contributed by atoms with Crippen molar-refractivity contribution in [3.63, 3.8) is 0 Å². The summed E-state index contributed by atoms with van der Waals surface area (Å²) in [5.74, 6) is 4.57. The number of carbonyl (C=O) groups excluding carboxylic acids is 2. The highest BCUT2D eigenvalue weighted by Gasteiger charge is 2.29. The van der Waals surface area contributed by atoms with Crippen molar-refractivity contribution in [2.75, 3.05) is 26.7 Å². The monoisotopic (exact) mass is 180 g/mol. The average molecular weight is 180 g/mol. The standard InChI is InChI=1S/C9H12N2O2/c1-3-4-5-11-7-6-10(2)8(12)9(11)13/h5-7H2,1-2H3. The van der Waals surface area contributed by atoms with E-state index < -0.39 is 11.8 Å². The molecule has 0 saturated carbocycles. The predicted molar refractivity (Wildman–Crippen MR) is 47.7 cm³/mol. The number of nitrogens with zero attached hydrogens (tertiary/aromatic N) is 2. The minimum atomic E-state index is -0.448. The van der Waals surface area contributed by atoms with E-state index in [0.717, 1.165) is 0 Å². The molecule has 0 unspecified atom stereocenters. The number of amides is 2. The van der Waals surface area contributed by atoms with Crippen LogP contribution in [0.3, 0.4) is 0 Å². The maximum Gasteiger partial charge on any atom is 0.312 e. The molecule has 1 fully saturated rings. The fourth-order valence-electron chi connectivity index (χ4n) is 1.10. The van der Waals surface area contributed by atoms with Crippen LogP contribution in [0, 0.1) is 11.8 Å². The van der Waals surface area contributed by atoms with Gasteiger partial charge in [0.05, 0.1) is 6.54 Å². The lowest BCUT2D eigenvalue weighted by Crippen LogP contribution is -2.52. The summed E-state index contributed by atoms with van der Waals surface area (Å²) in [6, 6.07) is 0. The van der Waals surface area contributed by atoms with Crippen molar-refractivity contribution in [3.05, 3.63) is 0 Å². The van der Waals surface area contributed by atoms with Crippen molar-refractivity contribution in [3.8, 4) is 11.8 Å². The molecule has 0 aliphatic carbocycles. The van der Waals surface area contributed by atoms with E-state index in [1.165, 1.54) is 9.80 Å². The third-order valence-corrected chi connectivity index (χ3v) is 1.97. The Morgan fingerprint density at radius 3 is 2.62 bits per heavy atom. The molecule has 4 heteroatoms. The zero-order valence-electron chi connectivity index (χ0n) is 7.83. The zero-order chi connectivity index (χ0) is 9.84. The molecule has 0 spiro atoms. The lowest BCUT2D eigenvalue weighted by molar-refractivity contribution is -0.154. The van der Waals surface area contributed by atoms with Crippen molar-refractivity contribution >= 4 is 11.8 Å². The second kappa shape index (κ2) is 3.94. The van der Waals surface area contributed by atoms with Crippen molar-refractivity contribution < 1.29 is 9.59 Å². The van der Waals surface area contributed by atoms with E-state index in [2.05, 4.69) is 11.8 Å². The number of likely N-dealkylation sites (N-methyl/N-ethyl adjacent to an activating group) is 1. The lowest BCUT2D eigenvalue weighted by Gasteiger charge is -2.29. The van der Waals surface area contributed by atoms with E-state index >= 15 is 0 Å². The molecule has 0 atom stereocenters. The summed E-state index contributed by atoms with van der Waals surface area (Å²) in [6.07, 6.45) is 0. The van der Waals surface area contributed by atoms with Gasteiger partial charge in [-0.05, 0) is 6.92 Å². The van der Waals surface area contributed by atoms with Crippen molar-refractivity contribution in [1.82, 2.24) is 9.80 Å². The van der Waals surface area contributed by atoms with Gasteiger partial charge in [0.1, 0.15) is 0 Å². The lowest BCUT2D eigenvalue weighted by atomic mass is 10.3. The second-order valence-corrected chi connectivity index (χ2v) is 2.88. The molecule has 1 aliphatic heterocycles.